The Labute approximate surface area is 258 Å². The number of benzene rings is 1. The summed E-state index contributed by atoms with van der Waals surface area (Å²) in [6.45, 7) is 3.73. The van der Waals surface area contributed by atoms with E-state index in [1.807, 2.05) is 0 Å². The van der Waals surface area contributed by atoms with E-state index in [2.05, 4.69) is 11.8 Å². The van der Waals surface area contributed by atoms with Crippen LogP contribution in [0.4, 0.5) is 0 Å². The van der Waals surface area contributed by atoms with Crippen LogP contribution < -0.4 is 4.74 Å². The number of Topliss-reactive ketones (excluding diaryl/α,β-unsaturated/α-hetero) is 1. The molecule has 1 aromatic rings. The van der Waals surface area contributed by atoms with E-state index < -0.39 is 52.5 Å². The maximum atomic E-state index is 14.5. The normalized spacial score (nSPS) is 48.4. The number of fused-ring (bicyclic) bond motifs is 2. The zero-order valence-electron chi connectivity index (χ0n) is 26.3. The van der Waals surface area contributed by atoms with Gasteiger partial charge in [-0.25, -0.2) is 4.79 Å². The van der Waals surface area contributed by atoms with Crippen molar-refractivity contribution in [3.05, 3.63) is 29.8 Å². The van der Waals surface area contributed by atoms with Crippen molar-refractivity contribution >= 4 is 11.8 Å². The van der Waals surface area contributed by atoms with Crippen LogP contribution in [0.5, 0.6) is 5.75 Å². The third kappa shape index (κ3) is 3.47. The molecule has 1 saturated heterocycles. The first kappa shape index (κ1) is 30.5. The van der Waals surface area contributed by atoms with Crippen LogP contribution in [-0.4, -0.2) is 124 Å². The van der Waals surface area contributed by atoms with Crippen molar-refractivity contribution in [2.24, 2.45) is 40.4 Å². The van der Waals surface area contributed by atoms with Crippen LogP contribution >= 0.6 is 0 Å². The van der Waals surface area contributed by atoms with E-state index in [1.165, 1.54) is 7.11 Å². The van der Waals surface area contributed by atoms with Crippen LogP contribution in [0.15, 0.2) is 24.3 Å². The minimum Gasteiger partial charge on any atom is -0.497 e. The zero-order chi connectivity index (χ0) is 31.3. The third-order valence-corrected chi connectivity index (χ3v) is 12.8. The molecule has 14 atom stereocenters. The highest BCUT2D eigenvalue weighted by Gasteiger charge is 2.87. The number of likely N-dealkylation sites (tertiary alicyclic amines) is 1. The molecule has 0 amide bonds. The number of carbonyl (C=O) groups excluding carboxylic acids is 2. The zero-order valence-corrected chi connectivity index (χ0v) is 26.3. The predicted octanol–water partition coefficient (Wildman–Crippen LogP) is 1.18. The summed E-state index contributed by atoms with van der Waals surface area (Å²) in [4.78, 5) is 30.6. The maximum Gasteiger partial charge on any atom is 0.338 e. The molecule has 6 aliphatic rings. The number of hydrogen-bond donors (Lipinski definition) is 2. The Kier molecular flexibility index (Phi) is 7.25. The van der Waals surface area contributed by atoms with Gasteiger partial charge in [0.1, 0.15) is 23.6 Å². The molecule has 5 saturated carbocycles. The summed E-state index contributed by atoms with van der Waals surface area (Å²) in [7, 11) is 8.02. The van der Waals surface area contributed by atoms with E-state index in [0.29, 0.717) is 37.4 Å². The topological polar surface area (TPSA) is 133 Å². The maximum absolute atomic E-state index is 14.5. The Morgan fingerprint density at radius 2 is 1.77 bits per heavy atom. The summed E-state index contributed by atoms with van der Waals surface area (Å²) < 4.78 is 36.0. The van der Waals surface area contributed by atoms with E-state index in [4.69, 9.17) is 28.4 Å². The number of ketones is 1. The lowest BCUT2D eigenvalue weighted by Gasteiger charge is -2.69. The van der Waals surface area contributed by atoms with Crippen molar-refractivity contribution in [1.82, 2.24) is 4.90 Å². The molecule has 7 bridgehead atoms. The van der Waals surface area contributed by atoms with Gasteiger partial charge in [-0.15, -0.1) is 0 Å². The van der Waals surface area contributed by atoms with Gasteiger partial charge in [0.2, 0.25) is 0 Å². The lowest BCUT2D eigenvalue weighted by Crippen LogP contribution is -2.77. The molecule has 0 radical (unpaired) electrons. The molecule has 242 valence electrons. The van der Waals surface area contributed by atoms with Crippen LogP contribution in [0.3, 0.4) is 0 Å². The van der Waals surface area contributed by atoms with Gasteiger partial charge in [-0.2, -0.15) is 0 Å². The first-order valence-electron chi connectivity index (χ1n) is 15.7. The molecular weight excluding hydrogens is 570 g/mol. The number of methoxy groups -OCH3 is 5. The fourth-order valence-corrected chi connectivity index (χ4v) is 11.8. The van der Waals surface area contributed by atoms with E-state index in [1.54, 1.807) is 52.7 Å². The van der Waals surface area contributed by atoms with E-state index in [9.17, 15) is 19.8 Å². The molecule has 1 spiro atoms. The van der Waals surface area contributed by atoms with Crippen LogP contribution in [0.2, 0.25) is 0 Å². The van der Waals surface area contributed by atoms with Crippen LogP contribution in [-0.2, 0) is 28.5 Å². The van der Waals surface area contributed by atoms with Crippen molar-refractivity contribution in [3.63, 3.8) is 0 Å². The lowest BCUT2D eigenvalue weighted by atomic mass is 9.43. The monoisotopic (exact) mass is 615 g/mol. The summed E-state index contributed by atoms with van der Waals surface area (Å²) in [6.07, 6.45) is -3.03. The summed E-state index contributed by atoms with van der Waals surface area (Å²) in [5.41, 5.74) is -2.69. The van der Waals surface area contributed by atoms with Gasteiger partial charge in [-0.05, 0) is 43.1 Å². The highest BCUT2D eigenvalue weighted by molar-refractivity contribution is 5.92. The van der Waals surface area contributed by atoms with Gasteiger partial charge < -0.3 is 38.6 Å². The van der Waals surface area contributed by atoms with Crippen molar-refractivity contribution < 1.29 is 48.2 Å². The lowest BCUT2D eigenvalue weighted by molar-refractivity contribution is -0.280. The highest BCUT2D eigenvalue weighted by atomic mass is 16.6. The van der Waals surface area contributed by atoms with Crippen molar-refractivity contribution in [3.8, 4) is 5.75 Å². The van der Waals surface area contributed by atoms with Gasteiger partial charge >= 0.3 is 5.97 Å². The average molecular weight is 616 g/mol. The molecular formula is C33H45NO10. The van der Waals surface area contributed by atoms with Gasteiger partial charge in [0.05, 0.1) is 37.6 Å². The minimum absolute atomic E-state index is 0.101. The molecule has 3 unspecified atom stereocenters. The number of esters is 1. The second-order valence-electron chi connectivity index (χ2n) is 13.9. The molecule has 11 nitrogen and oxygen atoms in total. The number of ether oxygens (including phenoxy) is 6. The Bertz CT molecular complexity index is 1310. The van der Waals surface area contributed by atoms with Crippen LogP contribution in [0.1, 0.15) is 30.1 Å². The molecule has 44 heavy (non-hydrogen) atoms. The number of rotatable bonds is 9. The SMILES string of the molecule is CCN1C[C@]2(COC)[C@H](O)C[C@H](OC)C34C1C([C@H]1C(=O)[C@@H](OC)[C@]5(O)C[C@H]3[C@@H]1[C@H]5OC(=O)c1ccc(OC)cc1)[C@H](OC)[C@@H]42. The largest absolute Gasteiger partial charge is 0.497 e. The molecule has 0 aromatic heterocycles. The van der Waals surface area contributed by atoms with Crippen molar-refractivity contribution in [1.29, 1.82) is 0 Å². The van der Waals surface area contributed by atoms with E-state index in [-0.39, 0.29) is 48.2 Å². The summed E-state index contributed by atoms with van der Waals surface area (Å²) >= 11 is 0. The standard InChI is InChI=1S/C33H45NO10/c1-7-34-14-31(15-39-2)19(35)12-20(41-4)33-18-13-32(38)28(44-30(37)16-8-10-17(40-3)11-9-16)21(18)22(24(36)29(32)43-6)23(27(33)34)25(42-5)26(31)33/h8-11,18-23,25-29,35,38H,7,12-15H2,1-6H3/t18-,19+,20-,21-,22-,23?,25-,26+,27?,28+,29+,31-,32-,33?/m0/s1. The summed E-state index contributed by atoms with van der Waals surface area (Å²) in [5.74, 6) is -1.98. The third-order valence-electron chi connectivity index (χ3n) is 12.8. The number of hydrogen-bond acceptors (Lipinski definition) is 11. The Hall–Kier alpha value is -2.12. The van der Waals surface area contributed by atoms with Gasteiger partial charge in [-0.3, -0.25) is 9.69 Å². The Morgan fingerprint density at radius 3 is 2.36 bits per heavy atom. The second-order valence-corrected chi connectivity index (χ2v) is 13.9. The predicted molar refractivity (Wildman–Crippen MR) is 155 cm³/mol. The first-order chi connectivity index (χ1) is 21.1. The van der Waals surface area contributed by atoms with Gasteiger partial charge in [0, 0.05) is 81.9 Å². The van der Waals surface area contributed by atoms with Gasteiger partial charge in [0.15, 0.2) is 5.78 Å². The van der Waals surface area contributed by atoms with E-state index >= 15 is 0 Å². The van der Waals surface area contributed by atoms with Gasteiger partial charge in [0.25, 0.3) is 0 Å². The molecule has 1 aromatic carbocycles. The average Bonchev–Trinajstić information content (AvgIpc) is 3.36. The van der Waals surface area contributed by atoms with Crippen LogP contribution in [0.25, 0.3) is 0 Å². The first-order valence-corrected chi connectivity index (χ1v) is 15.7. The fraction of sp³-hybridized carbons (Fsp3) is 0.758. The number of aliphatic hydroxyl groups excluding tert-OH is 1. The molecule has 6 fully saturated rings. The number of nitrogens with zero attached hydrogens (tertiary/aromatic N) is 1. The summed E-state index contributed by atoms with van der Waals surface area (Å²) in [6, 6.07) is 6.53. The molecule has 11 heteroatoms. The highest BCUT2D eigenvalue weighted by Crippen LogP contribution is 2.78. The number of aliphatic hydroxyl groups is 2. The number of carbonyl (C=O) groups is 2. The van der Waals surface area contributed by atoms with Crippen molar-refractivity contribution in [2.45, 2.75) is 61.9 Å². The number of piperidine rings is 1. The smallest absolute Gasteiger partial charge is 0.338 e. The molecule has 1 aliphatic heterocycles. The quantitative estimate of drug-likeness (QED) is 0.388. The van der Waals surface area contributed by atoms with Gasteiger partial charge in [-0.1, -0.05) is 6.92 Å². The summed E-state index contributed by atoms with van der Waals surface area (Å²) in [5, 5.41) is 24.4. The molecule has 2 N–H and O–H groups in total. The Morgan fingerprint density at radius 1 is 1.05 bits per heavy atom. The minimum atomic E-state index is -1.73. The second kappa shape index (κ2) is 10.4. The molecule has 1 heterocycles. The van der Waals surface area contributed by atoms with Crippen LogP contribution in [0, 0.1) is 40.4 Å². The van der Waals surface area contributed by atoms with Crippen molar-refractivity contribution in [2.75, 3.05) is 55.2 Å². The Balaban J connectivity index is 1.42. The fourth-order valence-electron chi connectivity index (χ4n) is 11.8. The van der Waals surface area contributed by atoms with E-state index in [0.717, 1.165) is 0 Å². The molecule has 7 rings (SSSR count). The molecule has 5 aliphatic carbocycles.